The van der Waals surface area contributed by atoms with Gasteiger partial charge in [-0.2, -0.15) is 4.68 Å². The molecule has 0 radical (unpaired) electrons. The fraction of sp³-hybridized carbons (Fsp3) is 0. The molecule has 43 heavy (non-hydrogen) atoms. The summed E-state index contributed by atoms with van der Waals surface area (Å²) in [5.41, 5.74) is 9.09. The number of anilines is 2. The molecule has 2 N–H and O–H groups in total. The molecule has 0 aliphatic heterocycles. The lowest BCUT2D eigenvalue weighted by Crippen LogP contribution is -2.12. The molecule has 2 aromatic heterocycles. The lowest BCUT2D eigenvalue weighted by Gasteiger charge is -2.11. The highest BCUT2D eigenvalue weighted by Crippen LogP contribution is 2.32. The number of rotatable bonds is 9. The summed E-state index contributed by atoms with van der Waals surface area (Å²) < 4.78 is 1.53. The van der Waals surface area contributed by atoms with Gasteiger partial charge in [-0.25, -0.2) is 4.98 Å². The van der Waals surface area contributed by atoms with Crippen molar-refractivity contribution < 1.29 is 9.85 Å². The Kier molecular flexibility index (Phi) is 7.17. The van der Waals surface area contributed by atoms with Gasteiger partial charge in [0, 0.05) is 28.8 Å². The molecule has 13 heteroatoms. The Morgan fingerprint density at radius 2 is 1.23 bits per heavy atom. The fourth-order valence-corrected chi connectivity index (χ4v) is 4.43. The molecule has 0 fully saturated rings. The van der Waals surface area contributed by atoms with Gasteiger partial charge in [0.05, 0.1) is 21.6 Å². The molecule has 0 spiro atoms. The number of hydrazine groups is 1. The first kappa shape index (κ1) is 26.7. The van der Waals surface area contributed by atoms with Crippen molar-refractivity contribution in [2.45, 2.75) is 0 Å². The van der Waals surface area contributed by atoms with E-state index < -0.39 is 21.2 Å². The number of nitrogens with zero attached hydrogens (tertiary/aromatic N) is 7. The lowest BCUT2D eigenvalue weighted by atomic mass is 10.0. The third kappa shape index (κ3) is 5.58. The minimum atomic E-state index is -0.704. The van der Waals surface area contributed by atoms with Gasteiger partial charge in [0.2, 0.25) is 0 Å². The number of benzene rings is 4. The SMILES string of the molecule is O=[N+]([O-])c1ccc(NNc2cc(-c3ccccc3)n(-c3nnc(-c4ccccc4)c(-c4ccccc4)n3)n2)c([N+](=O)[O-])c1. The highest BCUT2D eigenvalue weighted by atomic mass is 16.6. The molecule has 0 amide bonds. The summed E-state index contributed by atoms with van der Waals surface area (Å²) >= 11 is 0. The van der Waals surface area contributed by atoms with Crippen molar-refractivity contribution in [3.05, 3.63) is 135 Å². The molecule has 210 valence electrons. The van der Waals surface area contributed by atoms with Crippen molar-refractivity contribution >= 4 is 22.9 Å². The molecule has 0 bridgehead atoms. The maximum absolute atomic E-state index is 11.6. The van der Waals surface area contributed by atoms with Gasteiger partial charge in [0.15, 0.2) is 5.82 Å². The van der Waals surface area contributed by atoms with Crippen LogP contribution in [-0.2, 0) is 0 Å². The van der Waals surface area contributed by atoms with Gasteiger partial charge in [-0.15, -0.1) is 15.3 Å². The third-order valence-electron chi connectivity index (χ3n) is 6.45. The first-order valence-corrected chi connectivity index (χ1v) is 12.9. The van der Waals surface area contributed by atoms with Crippen LogP contribution in [0.3, 0.4) is 0 Å². The van der Waals surface area contributed by atoms with E-state index in [0.717, 1.165) is 22.8 Å². The minimum absolute atomic E-state index is 0.0166. The monoisotopic (exact) mass is 571 g/mol. The van der Waals surface area contributed by atoms with E-state index in [4.69, 9.17) is 4.98 Å². The predicted octanol–water partition coefficient (Wildman–Crippen LogP) is 6.31. The average Bonchev–Trinajstić information content (AvgIpc) is 3.49. The number of hydrogen-bond donors (Lipinski definition) is 2. The maximum atomic E-state index is 11.6. The number of non-ortho nitro benzene ring substituents is 1. The summed E-state index contributed by atoms with van der Waals surface area (Å²) in [6, 6.07) is 33.7. The van der Waals surface area contributed by atoms with Gasteiger partial charge >= 0.3 is 5.69 Å². The van der Waals surface area contributed by atoms with Crippen LogP contribution in [0.25, 0.3) is 39.7 Å². The minimum Gasteiger partial charge on any atom is -0.293 e. The van der Waals surface area contributed by atoms with Crippen molar-refractivity contribution in [1.82, 2.24) is 25.0 Å². The molecular weight excluding hydrogens is 550 g/mol. The van der Waals surface area contributed by atoms with Crippen LogP contribution in [0.1, 0.15) is 0 Å². The smallest absolute Gasteiger partial charge is 0.293 e. The van der Waals surface area contributed by atoms with Crippen LogP contribution in [0.5, 0.6) is 0 Å². The number of hydrogen-bond acceptors (Lipinski definition) is 10. The van der Waals surface area contributed by atoms with E-state index in [1.807, 2.05) is 91.0 Å². The summed E-state index contributed by atoms with van der Waals surface area (Å²) in [4.78, 5) is 26.2. The summed E-state index contributed by atoms with van der Waals surface area (Å²) in [5, 5.41) is 36.3. The van der Waals surface area contributed by atoms with Gasteiger partial charge in [-0.3, -0.25) is 31.1 Å². The predicted molar refractivity (Wildman–Crippen MR) is 160 cm³/mol. The second-order valence-electron chi connectivity index (χ2n) is 9.20. The number of nitrogens with one attached hydrogen (secondary N) is 2. The zero-order valence-corrected chi connectivity index (χ0v) is 22.2. The van der Waals surface area contributed by atoms with E-state index in [1.165, 1.54) is 16.8 Å². The van der Waals surface area contributed by atoms with Gasteiger partial charge in [0.1, 0.15) is 17.1 Å². The summed E-state index contributed by atoms with van der Waals surface area (Å²) in [6.45, 7) is 0. The van der Waals surface area contributed by atoms with Crippen molar-refractivity contribution in [3.8, 4) is 39.7 Å². The van der Waals surface area contributed by atoms with Crippen LogP contribution in [-0.4, -0.2) is 34.8 Å². The summed E-state index contributed by atoms with van der Waals surface area (Å²) in [7, 11) is 0. The summed E-state index contributed by atoms with van der Waals surface area (Å²) in [6.07, 6.45) is 0. The van der Waals surface area contributed by atoms with E-state index in [0.29, 0.717) is 17.1 Å². The second kappa shape index (κ2) is 11.5. The topological polar surface area (TPSA) is 167 Å². The van der Waals surface area contributed by atoms with E-state index >= 15 is 0 Å². The Morgan fingerprint density at radius 1 is 0.628 bits per heavy atom. The maximum Gasteiger partial charge on any atom is 0.300 e. The highest BCUT2D eigenvalue weighted by molar-refractivity contribution is 5.78. The summed E-state index contributed by atoms with van der Waals surface area (Å²) in [5.74, 6) is 0.482. The van der Waals surface area contributed by atoms with Crippen molar-refractivity contribution in [2.75, 3.05) is 10.9 Å². The fourth-order valence-electron chi connectivity index (χ4n) is 4.43. The molecule has 6 rings (SSSR count). The Balaban J connectivity index is 1.42. The van der Waals surface area contributed by atoms with Gasteiger partial charge in [-0.1, -0.05) is 91.0 Å². The van der Waals surface area contributed by atoms with E-state index in [9.17, 15) is 20.2 Å². The molecule has 0 atom stereocenters. The molecule has 0 saturated carbocycles. The molecule has 13 nitrogen and oxygen atoms in total. The third-order valence-corrected chi connectivity index (χ3v) is 6.45. The molecule has 2 heterocycles. The average molecular weight is 572 g/mol. The van der Waals surface area contributed by atoms with Gasteiger partial charge < -0.3 is 0 Å². The molecule has 0 aliphatic rings. The molecule has 0 unspecified atom stereocenters. The standard InChI is InChI=1S/C30H21N9O4/c40-38(41)23-16-17-24(26(18-23)39(42)43)32-33-27-19-25(20-10-4-1-5-11-20)37(36-27)30-31-28(21-12-6-2-7-13-21)29(34-35-30)22-14-8-3-9-15-22/h1-19,32H,(H,33,36). The van der Waals surface area contributed by atoms with Crippen LogP contribution in [0, 0.1) is 20.2 Å². The van der Waals surface area contributed by atoms with Gasteiger partial charge in [-0.05, 0) is 6.07 Å². The molecule has 4 aromatic carbocycles. The Bertz CT molecular complexity index is 1930. The van der Waals surface area contributed by atoms with Crippen LogP contribution >= 0.6 is 0 Å². The largest absolute Gasteiger partial charge is 0.300 e. The zero-order valence-electron chi connectivity index (χ0n) is 22.2. The highest BCUT2D eigenvalue weighted by Gasteiger charge is 2.21. The van der Waals surface area contributed by atoms with E-state index in [2.05, 4.69) is 26.1 Å². The Labute approximate surface area is 243 Å². The quantitative estimate of drug-likeness (QED) is 0.148. The van der Waals surface area contributed by atoms with Crippen LogP contribution in [0.4, 0.5) is 22.9 Å². The normalized spacial score (nSPS) is 10.7. The first-order chi connectivity index (χ1) is 21.0. The van der Waals surface area contributed by atoms with E-state index in [1.54, 1.807) is 6.07 Å². The van der Waals surface area contributed by atoms with Crippen molar-refractivity contribution in [1.29, 1.82) is 0 Å². The van der Waals surface area contributed by atoms with Crippen LogP contribution < -0.4 is 10.9 Å². The lowest BCUT2D eigenvalue weighted by molar-refractivity contribution is -0.393. The Hall–Kier alpha value is -6.50. The zero-order chi connectivity index (χ0) is 29.8. The number of aromatic nitrogens is 5. The molecule has 6 aromatic rings. The molecular formula is C30H21N9O4. The van der Waals surface area contributed by atoms with Crippen molar-refractivity contribution in [3.63, 3.8) is 0 Å². The van der Waals surface area contributed by atoms with Gasteiger partial charge in [0.25, 0.3) is 11.6 Å². The van der Waals surface area contributed by atoms with E-state index in [-0.39, 0.29) is 17.5 Å². The van der Waals surface area contributed by atoms with Crippen molar-refractivity contribution in [2.24, 2.45) is 0 Å². The van der Waals surface area contributed by atoms with Crippen LogP contribution in [0.15, 0.2) is 115 Å². The number of nitro groups is 2. The molecule has 0 aliphatic carbocycles. The first-order valence-electron chi connectivity index (χ1n) is 12.9. The van der Waals surface area contributed by atoms with Crippen LogP contribution in [0.2, 0.25) is 0 Å². The second-order valence-corrected chi connectivity index (χ2v) is 9.20. The number of nitro benzene ring substituents is 2. The molecule has 0 saturated heterocycles. The Morgan fingerprint density at radius 3 is 1.84 bits per heavy atom.